The van der Waals surface area contributed by atoms with Crippen molar-refractivity contribution < 1.29 is 0 Å². The summed E-state index contributed by atoms with van der Waals surface area (Å²) in [4.78, 5) is 2.52. The lowest BCUT2D eigenvalue weighted by Gasteiger charge is -2.33. The molecule has 0 unspecified atom stereocenters. The van der Waals surface area contributed by atoms with Crippen LogP contribution in [0.1, 0.15) is 22.3 Å². The molecule has 0 atom stereocenters. The van der Waals surface area contributed by atoms with Crippen molar-refractivity contribution in [2.45, 2.75) is 20.4 Å². The zero-order chi connectivity index (χ0) is 16.9. The molecule has 2 aromatic rings. The first-order chi connectivity index (χ1) is 11.6. The van der Waals surface area contributed by atoms with Gasteiger partial charge in [-0.3, -0.25) is 9.91 Å². The van der Waals surface area contributed by atoms with E-state index in [4.69, 9.17) is 0 Å². The molecule has 3 rings (SSSR count). The molecule has 0 bridgehead atoms. The van der Waals surface area contributed by atoms with E-state index in [1.807, 2.05) is 24.4 Å². The van der Waals surface area contributed by atoms with Crippen molar-refractivity contribution in [1.29, 1.82) is 0 Å². The van der Waals surface area contributed by atoms with Crippen molar-refractivity contribution in [3.05, 3.63) is 69.2 Å². The van der Waals surface area contributed by atoms with Crippen LogP contribution >= 0.6 is 15.9 Å². The predicted molar refractivity (Wildman–Crippen MR) is 105 cm³/mol. The third-order valence-corrected chi connectivity index (χ3v) is 5.23. The van der Waals surface area contributed by atoms with Crippen LogP contribution in [0.2, 0.25) is 0 Å². The Morgan fingerprint density at radius 3 is 2.50 bits per heavy atom. The van der Waals surface area contributed by atoms with Crippen LogP contribution in [0, 0.1) is 13.8 Å². The quantitative estimate of drug-likeness (QED) is 0.733. The van der Waals surface area contributed by atoms with Gasteiger partial charge in [-0.05, 0) is 31.0 Å². The van der Waals surface area contributed by atoms with Gasteiger partial charge in [0.25, 0.3) is 0 Å². The largest absolute Gasteiger partial charge is 0.295 e. The molecule has 0 aromatic heterocycles. The van der Waals surface area contributed by atoms with E-state index in [0.717, 1.165) is 42.8 Å². The standard InChI is InChI=1S/C20H24BrN3/c1-16-7-8-19(17(2)13-16)15-23-9-11-24(12-10-23)22-14-18-5-3-4-6-20(18)21/h3-8,13-14H,9-12,15H2,1-2H3/b22-14+. The second-order valence-corrected chi connectivity index (χ2v) is 7.28. The van der Waals surface area contributed by atoms with Crippen molar-refractivity contribution in [2.24, 2.45) is 5.10 Å². The number of rotatable bonds is 4. The molecule has 0 spiro atoms. The summed E-state index contributed by atoms with van der Waals surface area (Å²) in [7, 11) is 0. The summed E-state index contributed by atoms with van der Waals surface area (Å²) in [6.07, 6.45) is 1.95. The molecular weight excluding hydrogens is 362 g/mol. The third-order valence-electron chi connectivity index (χ3n) is 4.51. The van der Waals surface area contributed by atoms with Crippen LogP contribution in [0.3, 0.4) is 0 Å². The molecule has 1 aliphatic rings. The molecule has 1 saturated heterocycles. The summed E-state index contributed by atoms with van der Waals surface area (Å²) < 4.78 is 1.09. The van der Waals surface area contributed by atoms with Crippen LogP contribution in [-0.2, 0) is 6.54 Å². The number of benzene rings is 2. The third kappa shape index (κ3) is 4.46. The Bertz CT molecular complexity index is 719. The fraction of sp³-hybridized carbons (Fsp3) is 0.350. The Labute approximate surface area is 153 Å². The van der Waals surface area contributed by atoms with Crippen LogP contribution in [0.4, 0.5) is 0 Å². The number of aryl methyl sites for hydroxylation is 2. The lowest BCUT2D eigenvalue weighted by atomic mass is 10.1. The smallest absolute Gasteiger partial charge is 0.0554 e. The first-order valence-electron chi connectivity index (χ1n) is 8.44. The van der Waals surface area contributed by atoms with E-state index in [9.17, 15) is 0 Å². The maximum absolute atomic E-state index is 4.64. The van der Waals surface area contributed by atoms with Gasteiger partial charge in [0.2, 0.25) is 0 Å². The highest BCUT2D eigenvalue weighted by molar-refractivity contribution is 9.10. The van der Waals surface area contributed by atoms with E-state index in [0.29, 0.717) is 0 Å². The molecule has 0 radical (unpaired) electrons. The number of hydrogen-bond acceptors (Lipinski definition) is 3. The van der Waals surface area contributed by atoms with E-state index in [1.165, 1.54) is 16.7 Å². The Morgan fingerprint density at radius 2 is 1.79 bits per heavy atom. The van der Waals surface area contributed by atoms with Crippen LogP contribution in [0.25, 0.3) is 0 Å². The maximum Gasteiger partial charge on any atom is 0.0554 e. The molecule has 1 aliphatic heterocycles. The van der Waals surface area contributed by atoms with Crippen molar-refractivity contribution >= 4 is 22.1 Å². The van der Waals surface area contributed by atoms with Gasteiger partial charge in [0, 0.05) is 42.8 Å². The normalized spacial score (nSPS) is 16.0. The van der Waals surface area contributed by atoms with Gasteiger partial charge in [0.05, 0.1) is 6.21 Å². The van der Waals surface area contributed by atoms with Crippen molar-refractivity contribution in [3.63, 3.8) is 0 Å². The van der Waals surface area contributed by atoms with E-state index < -0.39 is 0 Å². The van der Waals surface area contributed by atoms with Gasteiger partial charge in [0.15, 0.2) is 0 Å². The Morgan fingerprint density at radius 1 is 1.04 bits per heavy atom. The van der Waals surface area contributed by atoms with Crippen LogP contribution in [0.15, 0.2) is 52.0 Å². The second kappa shape index (κ2) is 7.95. The molecule has 126 valence electrons. The molecule has 0 aliphatic carbocycles. The fourth-order valence-electron chi connectivity index (χ4n) is 3.00. The van der Waals surface area contributed by atoms with Crippen LogP contribution in [0.5, 0.6) is 0 Å². The van der Waals surface area contributed by atoms with Crippen molar-refractivity contribution in [2.75, 3.05) is 26.2 Å². The predicted octanol–water partition coefficient (Wildman–Crippen LogP) is 4.22. The highest BCUT2D eigenvalue weighted by Crippen LogP contribution is 2.16. The highest BCUT2D eigenvalue weighted by Gasteiger charge is 2.16. The second-order valence-electron chi connectivity index (χ2n) is 6.43. The Hall–Kier alpha value is -1.65. The zero-order valence-electron chi connectivity index (χ0n) is 14.4. The number of hydrogen-bond donors (Lipinski definition) is 0. The molecular formula is C20H24BrN3. The summed E-state index contributed by atoms with van der Waals surface area (Å²) >= 11 is 3.56. The topological polar surface area (TPSA) is 18.8 Å². The summed E-state index contributed by atoms with van der Waals surface area (Å²) in [5.74, 6) is 0. The SMILES string of the molecule is Cc1ccc(CN2CCN(/N=C/c3ccccc3Br)CC2)c(C)c1. The monoisotopic (exact) mass is 385 g/mol. The average molecular weight is 386 g/mol. The minimum atomic E-state index is 0.978. The average Bonchev–Trinajstić information content (AvgIpc) is 2.58. The van der Waals surface area contributed by atoms with Gasteiger partial charge < -0.3 is 0 Å². The molecule has 4 heteroatoms. The van der Waals surface area contributed by atoms with Crippen LogP contribution < -0.4 is 0 Å². The highest BCUT2D eigenvalue weighted by atomic mass is 79.9. The van der Waals surface area contributed by atoms with Gasteiger partial charge >= 0.3 is 0 Å². The van der Waals surface area contributed by atoms with Gasteiger partial charge in [-0.2, -0.15) is 5.10 Å². The van der Waals surface area contributed by atoms with Gasteiger partial charge in [0.1, 0.15) is 0 Å². The Kier molecular flexibility index (Phi) is 5.69. The van der Waals surface area contributed by atoms with Crippen molar-refractivity contribution in [1.82, 2.24) is 9.91 Å². The molecule has 24 heavy (non-hydrogen) atoms. The van der Waals surface area contributed by atoms with E-state index >= 15 is 0 Å². The lowest BCUT2D eigenvalue weighted by Crippen LogP contribution is -2.43. The number of hydrazone groups is 1. The van der Waals surface area contributed by atoms with E-state index in [1.54, 1.807) is 0 Å². The molecule has 1 heterocycles. The van der Waals surface area contributed by atoms with Gasteiger partial charge in [-0.25, -0.2) is 0 Å². The molecule has 1 fully saturated rings. The Balaban J connectivity index is 1.53. The summed E-state index contributed by atoms with van der Waals surface area (Å²) in [5.41, 5.74) is 5.29. The maximum atomic E-state index is 4.64. The first kappa shape index (κ1) is 17.2. The van der Waals surface area contributed by atoms with Gasteiger partial charge in [-0.1, -0.05) is 57.9 Å². The number of halogens is 1. The minimum absolute atomic E-state index is 0.978. The minimum Gasteiger partial charge on any atom is -0.295 e. The molecule has 3 nitrogen and oxygen atoms in total. The van der Waals surface area contributed by atoms with E-state index in [-0.39, 0.29) is 0 Å². The number of piperazine rings is 1. The molecule has 0 N–H and O–H groups in total. The molecule has 2 aromatic carbocycles. The van der Waals surface area contributed by atoms with Crippen LogP contribution in [-0.4, -0.2) is 42.3 Å². The summed E-state index contributed by atoms with van der Waals surface area (Å²) in [5, 5.41) is 6.80. The van der Waals surface area contributed by atoms with Gasteiger partial charge in [-0.15, -0.1) is 0 Å². The lowest BCUT2D eigenvalue weighted by molar-refractivity contribution is 0.131. The molecule has 0 amide bonds. The fourth-order valence-corrected chi connectivity index (χ4v) is 3.39. The van der Waals surface area contributed by atoms with E-state index in [2.05, 4.69) is 69.1 Å². The van der Waals surface area contributed by atoms with Crippen molar-refractivity contribution in [3.8, 4) is 0 Å². The summed E-state index contributed by atoms with van der Waals surface area (Å²) in [6.45, 7) is 9.46. The first-order valence-corrected chi connectivity index (χ1v) is 9.23. The summed E-state index contributed by atoms with van der Waals surface area (Å²) in [6, 6.07) is 14.9. The number of nitrogens with zero attached hydrogens (tertiary/aromatic N) is 3. The zero-order valence-corrected chi connectivity index (χ0v) is 16.0. The molecule has 0 saturated carbocycles.